The molecule has 0 saturated carbocycles. The van der Waals surface area contributed by atoms with Crippen LogP contribution in [0, 0.1) is 5.82 Å². The standard InChI is InChI=1S/C17H16ClFN2O4/c1-24-14-7-6-10(8-15(14)25-2)17(23)21-20-16(22)9-11-12(18)4-3-5-13(11)19/h3-8H,9H2,1-2H3,(H,20,22)(H,21,23). The summed E-state index contributed by atoms with van der Waals surface area (Å²) in [6.07, 6.45) is -0.308. The van der Waals surface area contributed by atoms with Gasteiger partial charge in [-0.05, 0) is 30.3 Å². The lowest BCUT2D eigenvalue weighted by molar-refractivity contribution is -0.121. The molecule has 0 aromatic heterocycles. The van der Waals surface area contributed by atoms with Crippen LogP contribution in [0.3, 0.4) is 0 Å². The van der Waals surface area contributed by atoms with E-state index in [0.29, 0.717) is 11.5 Å². The molecular weight excluding hydrogens is 351 g/mol. The van der Waals surface area contributed by atoms with E-state index in [9.17, 15) is 14.0 Å². The average molecular weight is 367 g/mol. The molecule has 2 aromatic rings. The molecule has 0 fully saturated rings. The fourth-order valence-corrected chi connectivity index (χ4v) is 2.31. The number of hydrogen-bond donors (Lipinski definition) is 2. The third kappa shape index (κ3) is 4.60. The van der Waals surface area contributed by atoms with Gasteiger partial charge in [0.25, 0.3) is 5.91 Å². The Kier molecular flexibility index (Phi) is 6.19. The summed E-state index contributed by atoms with van der Waals surface area (Å²) in [5, 5.41) is 0.140. The first-order chi connectivity index (χ1) is 12.0. The van der Waals surface area contributed by atoms with E-state index < -0.39 is 17.6 Å². The van der Waals surface area contributed by atoms with E-state index in [1.807, 2.05) is 0 Å². The van der Waals surface area contributed by atoms with Gasteiger partial charge in [-0.2, -0.15) is 0 Å². The number of hydrazine groups is 1. The quantitative estimate of drug-likeness (QED) is 0.797. The number of nitrogens with one attached hydrogen (secondary N) is 2. The molecule has 0 heterocycles. The van der Waals surface area contributed by atoms with Crippen molar-refractivity contribution in [3.63, 3.8) is 0 Å². The largest absolute Gasteiger partial charge is 0.493 e. The van der Waals surface area contributed by atoms with E-state index in [-0.39, 0.29) is 22.6 Å². The smallest absolute Gasteiger partial charge is 0.269 e. The second-order valence-corrected chi connectivity index (χ2v) is 5.36. The Hall–Kier alpha value is -2.80. The normalized spacial score (nSPS) is 10.1. The van der Waals surface area contributed by atoms with Crippen molar-refractivity contribution in [3.8, 4) is 11.5 Å². The van der Waals surface area contributed by atoms with Crippen LogP contribution < -0.4 is 20.3 Å². The molecular formula is C17H16ClFN2O4. The number of amides is 2. The maximum absolute atomic E-state index is 13.7. The summed E-state index contributed by atoms with van der Waals surface area (Å²) in [5.41, 5.74) is 4.77. The minimum Gasteiger partial charge on any atom is -0.493 e. The van der Waals surface area contributed by atoms with E-state index in [1.165, 1.54) is 44.6 Å². The zero-order chi connectivity index (χ0) is 18.4. The maximum atomic E-state index is 13.7. The number of carbonyl (C=O) groups excluding carboxylic acids is 2. The first-order valence-corrected chi connectivity index (χ1v) is 7.58. The lowest BCUT2D eigenvalue weighted by Gasteiger charge is -2.11. The zero-order valence-electron chi connectivity index (χ0n) is 13.6. The van der Waals surface area contributed by atoms with Gasteiger partial charge < -0.3 is 9.47 Å². The molecule has 0 saturated heterocycles. The van der Waals surface area contributed by atoms with Crippen LogP contribution in [0.2, 0.25) is 5.02 Å². The summed E-state index contributed by atoms with van der Waals surface area (Å²) in [6.45, 7) is 0. The van der Waals surface area contributed by atoms with Gasteiger partial charge in [0.1, 0.15) is 5.82 Å². The van der Waals surface area contributed by atoms with Crippen LogP contribution in [0.1, 0.15) is 15.9 Å². The Morgan fingerprint density at radius 3 is 2.44 bits per heavy atom. The highest BCUT2D eigenvalue weighted by Crippen LogP contribution is 2.27. The van der Waals surface area contributed by atoms with Gasteiger partial charge in [-0.15, -0.1) is 0 Å². The van der Waals surface area contributed by atoms with Gasteiger partial charge in [0, 0.05) is 16.1 Å². The number of ether oxygens (including phenoxy) is 2. The third-order valence-corrected chi connectivity index (χ3v) is 3.71. The fraction of sp³-hybridized carbons (Fsp3) is 0.176. The van der Waals surface area contributed by atoms with Crippen LogP contribution in [-0.4, -0.2) is 26.0 Å². The predicted molar refractivity (Wildman–Crippen MR) is 90.3 cm³/mol. The molecule has 6 nitrogen and oxygen atoms in total. The van der Waals surface area contributed by atoms with E-state index in [2.05, 4.69) is 10.9 Å². The molecule has 0 bridgehead atoms. The minimum absolute atomic E-state index is 0.0574. The molecule has 25 heavy (non-hydrogen) atoms. The molecule has 0 aliphatic rings. The summed E-state index contributed by atoms with van der Waals surface area (Å²) in [7, 11) is 2.92. The number of benzene rings is 2. The van der Waals surface area contributed by atoms with Crippen molar-refractivity contribution >= 4 is 23.4 Å². The van der Waals surface area contributed by atoms with Crippen LogP contribution in [0.4, 0.5) is 4.39 Å². The second-order valence-electron chi connectivity index (χ2n) is 4.95. The average Bonchev–Trinajstić information content (AvgIpc) is 2.62. The topological polar surface area (TPSA) is 76.7 Å². The number of carbonyl (C=O) groups is 2. The first kappa shape index (κ1) is 18.5. The van der Waals surface area contributed by atoms with Gasteiger partial charge >= 0.3 is 0 Å². The van der Waals surface area contributed by atoms with E-state index in [0.717, 1.165) is 0 Å². The SMILES string of the molecule is COc1ccc(C(=O)NNC(=O)Cc2c(F)cccc2Cl)cc1OC. The Bertz CT molecular complexity index is 778. The summed E-state index contributed by atoms with van der Waals surface area (Å²) in [6, 6.07) is 8.67. The molecule has 2 amide bonds. The van der Waals surface area contributed by atoms with Crippen LogP contribution in [-0.2, 0) is 11.2 Å². The first-order valence-electron chi connectivity index (χ1n) is 7.20. The molecule has 0 spiro atoms. The van der Waals surface area contributed by atoms with Crippen molar-refractivity contribution in [1.82, 2.24) is 10.9 Å². The maximum Gasteiger partial charge on any atom is 0.269 e. The Labute approximate surface area is 148 Å². The van der Waals surface area contributed by atoms with Gasteiger partial charge in [0.2, 0.25) is 5.91 Å². The molecule has 0 unspecified atom stereocenters. The zero-order valence-corrected chi connectivity index (χ0v) is 14.3. The molecule has 0 aliphatic heterocycles. The van der Waals surface area contributed by atoms with Crippen molar-refractivity contribution in [2.24, 2.45) is 0 Å². The summed E-state index contributed by atoms with van der Waals surface area (Å²) < 4.78 is 23.8. The molecule has 0 atom stereocenters. The van der Waals surface area contributed by atoms with Crippen LogP contribution in [0.25, 0.3) is 0 Å². The molecule has 8 heteroatoms. The van der Waals surface area contributed by atoms with Gasteiger partial charge in [0.15, 0.2) is 11.5 Å². The number of hydrogen-bond acceptors (Lipinski definition) is 4. The van der Waals surface area contributed by atoms with Crippen LogP contribution >= 0.6 is 11.6 Å². The predicted octanol–water partition coefficient (Wildman–Crippen LogP) is 2.50. The van der Waals surface area contributed by atoms with Gasteiger partial charge in [-0.1, -0.05) is 17.7 Å². The Morgan fingerprint density at radius 1 is 1.08 bits per heavy atom. The van der Waals surface area contributed by atoms with Crippen molar-refractivity contribution in [3.05, 3.63) is 58.4 Å². The van der Waals surface area contributed by atoms with Crippen molar-refractivity contribution in [2.45, 2.75) is 6.42 Å². The van der Waals surface area contributed by atoms with Crippen molar-refractivity contribution in [2.75, 3.05) is 14.2 Å². The van der Waals surface area contributed by atoms with Crippen molar-refractivity contribution in [1.29, 1.82) is 0 Å². The third-order valence-electron chi connectivity index (χ3n) is 3.36. The summed E-state index contributed by atoms with van der Waals surface area (Å²) in [5.74, 6) is -0.916. The molecule has 2 rings (SSSR count). The summed E-state index contributed by atoms with van der Waals surface area (Å²) in [4.78, 5) is 24.0. The number of methoxy groups -OCH3 is 2. The van der Waals surface area contributed by atoms with E-state index in [4.69, 9.17) is 21.1 Å². The van der Waals surface area contributed by atoms with Crippen molar-refractivity contribution < 1.29 is 23.5 Å². The van der Waals surface area contributed by atoms with Gasteiger partial charge in [-0.25, -0.2) is 4.39 Å². The minimum atomic E-state index is -0.610. The molecule has 0 radical (unpaired) electrons. The van der Waals surface area contributed by atoms with E-state index >= 15 is 0 Å². The Balaban J connectivity index is 1.99. The van der Waals surface area contributed by atoms with Gasteiger partial charge in [0.05, 0.1) is 20.6 Å². The molecule has 0 aliphatic carbocycles. The highest BCUT2D eigenvalue weighted by Gasteiger charge is 2.14. The Morgan fingerprint density at radius 2 is 1.80 bits per heavy atom. The highest BCUT2D eigenvalue weighted by molar-refractivity contribution is 6.31. The second kappa shape index (κ2) is 8.34. The monoisotopic (exact) mass is 366 g/mol. The number of rotatable bonds is 5. The lowest BCUT2D eigenvalue weighted by atomic mass is 10.1. The molecule has 2 aromatic carbocycles. The highest BCUT2D eigenvalue weighted by atomic mass is 35.5. The van der Waals surface area contributed by atoms with E-state index in [1.54, 1.807) is 6.07 Å². The van der Waals surface area contributed by atoms with Crippen LogP contribution in [0.15, 0.2) is 36.4 Å². The van der Waals surface area contributed by atoms with Gasteiger partial charge in [-0.3, -0.25) is 20.4 Å². The molecule has 132 valence electrons. The summed E-state index contributed by atoms with van der Waals surface area (Å²) >= 11 is 5.86. The lowest BCUT2D eigenvalue weighted by Crippen LogP contribution is -2.42. The molecule has 2 N–H and O–H groups in total. The number of halogens is 2. The van der Waals surface area contributed by atoms with Crippen LogP contribution in [0.5, 0.6) is 11.5 Å². The fourth-order valence-electron chi connectivity index (χ4n) is 2.08.